The van der Waals surface area contributed by atoms with Crippen LogP contribution in [0.5, 0.6) is 0 Å². The first kappa shape index (κ1) is 10.5. The fourth-order valence-corrected chi connectivity index (χ4v) is 3.49. The number of carbonyl (C=O) groups is 2. The van der Waals surface area contributed by atoms with Crippen LogP contribution in [0.15, 0.2) is 0 Å². The molecule has 0 aromatic rings. The zero-order valence-electron chi connectivity index (χ0n) is 8.98. The van der Waals surface area contributed by atoms with Gasteiger partial charge in [-0.05, 0) is 44.4 Å². The molecule has 0 spiro atoms. The Hall–Kier alpha value is -1.06. The summed E-state index contributed by atoms with van der Waals surface area (Å²) in [5.41, 5.74) is -0.889. The van der Waals surface area contributed by atoms with Gasteiger partial charge in [0.15, 0.2) is 0 Å². The lowest BCUT2D eigenvalue weighted by Crippen LogP contribution is -2.57. The SMILES string of the molecule is CCN(C=O)C1(C(=O)O)CC2CCC1C2. The molecule has 2 fully saturated rings. The molecule has 0 aromatic carbocycles. The third-order valence-corrected chi connectivity index (χ3v) is 4.17. The van der Waals surface area contributed by atoms with Gasteiger partial charge < -0.3 is 10.0 Å². The average Bonchev–Trinajstić information content (AvgIpc) is 2.79. The van der Waals surface area contributed by atoms with Gasteiger partial charge in [0.2, 0.25) is 6.41 Å². The Morgan fingerprint density at radius 1 is 1.60 bits per heavy atom. The Balaban J connectivity index is 2.33. The zero-order chi connectivity index (χ0) is 11.1. The topological polar surface area (TPSA) is 57.6 Å². The third kappa shape index (κ3) is 1.27. The van der Waals surface area contributed by atoms with Crippen LogP contribution in [0.3, 0.4) is 0 Å². The number of hydrogen-bond donors (Lipinski definition) is 1. The molecule has 0 saturated heterocycles. The lowest BCUT2D eigenvalue weighted by atomic mass is 9.79. The predicted molar refractivity (Wildman–Crippen MR) is 54.3 cm³/mol. The van der Waals surface area contributed by atoms with Crippen molar-refractivity contribution in [1.29, 1.82) is 0 Å². The van der Waals surface area contributed by atoms with Crippen molar-refractivity contribution in [3.05, 3.63) is 0 Å². The summed E-state index contributed by atoms with van der Waals surface area (Å²) in [6.45, 7) is 2.32. The normalized spacial score (nSPS) is 37.9. The fraction of sp³-hybridized carbons (Fsp3) is 0.818. The number of aliphatic carboxylic acids is 1. The predicted octanol–water partition coefficient (Wildman–Crippen LogP) is 1.11. The van der Waals surface area contributed by atoms with Crippen molar-refractivity contribution < 1.29 is 14.7 Å². The Labute approximate surface area is 89.3 Å². The number of fused-ring (bicyclic) bond motifs is 2. The van der Waals surface area contributed by atoms with Gasteiger partial charge in [0.05, 0.1) is 0 Å². The zero-order valence-corrected chi connectivity index (χ0v) is 8.98. The van der Waals surface area contributed by atoms with Gasteiger partial charge in [-0.15, -0.1) is 0 Å². The number of likely N-dealkylation sites (N-methyl/N-ethyl adjacent to an activating group) is 1. The minimum atomic E-state index is -0.889. The van der Waals surface area contributed by atoms with Crippen molar-refractivity contribution >= 4 is 12.4 Å². The van der Waals surface area contributed by atoms with E-state index in [0.717, 1.165) is 19.3 Å². The van der Waals surface area contributed by atoms with Crippen LogP contribution in [0.25, 0.3) is 0 Å². The standard InChI is InChI=1S/C11H17NO3/c1-2-12(7-13)11(10(14)15)6-8-3-4-9(11)5-8/h7-9H,2-6H2,1H3,(H,14,15). The molecule has 2 rings (SSSR count). The van der Waals surface area contributed by atoms with E-state index < -0.39 is 11.5 Å². The number of carbonyl (C=O) groups excluding carboxylic acids is 1. The van der Waals surface area contributed by atoms with Crippen LogP contribution < -0.4 is 0 Å². The van der Waals surface area contributed by atoms with Crippen LogP contribution in [0, 0.1) is 11.8 Å². The van der Waals surface area contributed by atoms with Crippen LogP contribution in [0.1, 0.15) is 32.6 Å². The molecule has 0 heterocycles. The van der Waals surface area contributed by atoms with E-state index in [2.05, 4.69) is 0 Å². The van der Waals surface area contributed by atoms with E-state index in [1.807, 2.05) is 6.92 Å². The summed E-state index contributed by atoms with van der Waals surface area (Å²) in [4.78, 5) is 23.9. The molecule has 2 aliphatic rings. The first-order valence-electron chi connectivity index (χ1n) is 5.60. The molecule has 0 aliphatic heterocycles. The summed E-state index contributed by atoms with van der Waals surface area (Å²) >= 11 is 0. The number of carboxylic acids is 1. The molecule has 15 heavy (non-hydrogen) atoms. The highest BCUT2D eigenvalue weighted by molar-refractivity contribution is 5.82. The van der Waals surface area contributed by atoms with Gasteiger partial charge in [-0.25, -0.2) is 4.79 Å². The van der Waals surface area contributed by atoms with E-state index in [0.29, 0.717) is 25.3 Å². The number of rotatable bonds is 4. The van der Waals surface area contributed by atoms with Crippen LogP contribution >= 0.6 is 0 Å². The lowest BCUT2D eigenvalue weighted by Gasteiger charge is -2.41. The van der Waals surface area contributed by atoms with E-state index in [9.17, 15) is 14.7 Å². The minimum absolute atomic E-state index is 0.171. The van der Waals surface area contributed by atoms with Gasteiger partial charge >= 0.3 is 5.97 Å². The Morgan fingerprint density at radius 2 is 2.33 bits per heavy atom. The smallest absolute Gasteiger partial charge is 0.329 e. The van der Waals surface area contributed by atoms with Crippen molar-refractivity contribution in [3.63, 3.8) is 0 Å². The summed E-state index contributed by atoms with van der Waals surface area (Å²) in [6.07, 6.45) is 4.43. The van der Waals surface area contributed by atoms with Crippen molar-refractivity contribution in [1.82, 2.24) is 4.90 Å². The van der Waals surface area contributed by atoms with Crippen molar-refractivity contribution in [2.45, 2.75) is 38.1 Å². The molecule has 0 aromatic heterocycles. The summed E-state index contributed by atoms with van der Waals surface area (Å²) in [5, 5.41) is 9.42. The Kier molecular flexibility index (Phi) is 2.44. The summed E-state index contributed by atoms with van der Waals surface area (Å²) in [6, 6.07) is 0. The Bertz CT molecular complexity index is 292. The number of nitrogens with zero attached hydrogens (tertiary/aromatic N) is 1. The molecule has 3 atom stereocenters. The van der Waals surface area contributed by atoms with Crippen LogP contribution in [0.2, 0.25) is 0 Å². The molecule has 3 unspecified atom stereocenters. The van der Waals surface area contributed by atoms with Gasteiger partial charge in [0, 0.05) is 6.54 Å². The van der Waals surface area contributed by atoms with Gasteiger partial charge in [-0.1, -0.05) is 0 Å². The largest absolute Gasteiger partial charge is 0.479 e. The van der Waals surface area contributed by atoms with E-state index >= 15 is 0 Å². The number of hydrogen-bond acceptors (Lipinski definition) is 2. The molecule has 4 nitrogen and oxygen atoms in total. The lowest BCUT2D eigenvalue weighted by molar-refractivity contribution is -0.159. The Morgan fingerprint density at radius 3 is 2.67 bits per heavy atom. The van der Waals surface area contributed by atoms with Crippen LogP contribution in [-0.2, 0) is 9.59 Å². The fourth-order valence-electron chi connectivity index (χ4n) is 3.49. The second kappa shape index (κ2) is 3.51. The number of amides is 1. The van der Waals surface area contributed by atoms with Crippen LogP contribution in [-0.4, -0.2) is 34.5 Å². The summed E-state index contributed by atoms with van der Waals surface area (Å²) in [7, 11) is 0. The molecule has 2 aliphatic carbocycles. The molecule has 1 N–H and O–H groups in total. The average molecular weight is 211 g/mol. The third-order valence-electron chi connectivity index (χ3n) is 4.17. The highest BCUT2D eigenvalue weighted by Gasteiger charge is 2.58. The van der Waals surface area contributed by atoms with Gasteiger partial charge in [-0.2, -0.15) is 0 Å². The molecule has 2 saturated carbocycles. The molecular weight excluding hydrogens is 194 g/mol. The molecule has 2 bridgehead atoms. The monoisotopic (exact) mass is 211 g/mol. The first-order chi connectivity index (χ1) is 7.15. The van der Waals surface area contributed by atoms with Crippen molar-refractivity contribution in [2.24, 2.45) is 11.8 Å². The molecule has 0 radical (unpaired) electrons. The second-order valence-electron chi connectivity index (χ2n) is 4.70. The molecule has 1 amide bonds. The van der Waals surface area contributed by atoms with Gasteiger partial charge in [0.25, 0.3) is 0 Å². The minimum Gasteiger partial charge on any atom is -0.479 e. The maximum Gasteiger partial charge on any atom is 0.329 e. The molecule has 4 heteroatoms. The quantitative estimate of drug-likeness (QED) is 0.709. The first-order valence-corrected chi connectivity index (χ1v) is 5.60. The highest BCUT2D eigenvalue weighted by atomic mass is 16.4. The maximum atomic E-state index is 11.5. The maximum absolute atomic E-state index is 11.5. The summed E-state index contributed by atoms with van der Waals surface area (Å²) in [5.74, 6) is -0.131. The second-order valence-corrected chi connectivity index (χ2v) is 4.70. The van der Waals surface area contributed by atoms with E-state index in [1.165, 1.54) is 4.90 Å². The number of carboxylic acid groups (broad SMARTS) is 1. The van der Waals surface area contributed by atoms with Gasteiger partial charge in [0.1, 0.15) is 5.54 Å². The van der Waals surface area contributed by atoms with Crippen LogP contribution in [0.4, 0.5) is 0 Å². The van der Waals surface area contributed by atoms with E-state index in [4.69, 9.17) is 0 Å². The van der Waals surface area contributed by atoms with E-state index in [-0.39, 0.29) is 5.92 Å². The molecular formula is C11H17NO3. The highest BCUT2D eigenvalue weighted by Crippen LogP contribution is 2.53. The van der Waals surface area contributed by atoms with E-state index in [1.54, 1.807) is 0 Å². The van der Waals surface area contributed by atoms with Gasteiger partial charge in [-0.3, -0.25) is 4.79 Å². The van der Waals surface area contributed by atoms with Crippen molar-refractivity contribution in [3.8, 4) is 0 Å². The van der Waals surface area contributed by atoms with Crippen molar-refractivity contribution in [2.75, 3.05) is 6.54 Å². The molecule has 84 valence electrons. The summed E-state index contributed by atoms with van der Waals surface area (Å²) < 4.78 is 0.